The van der Waals surface area contributed by atoms with Crippen molar-refractivity contribution in [3.05, 3.63) is 11.1 Å². The Labute approximate surface area is 87.6 Å². The highest BCUT2D eigenvalue weighted by atomic mass is 16.1. The third-order valence-corrected chi connectivity index (χ3v) is 2.67. The summed E-state index contributed by atoms with van der Waals surface area (Å²) in [5.41, 5.74) is 7.08. The number of nitrogens with two attached hydrogens (primary N) is 1. The van der Waals surface area contributed by atoms with Crippen molar-refractivity contribution in [2.75, 3.05) is 0 Å². The van der Waals surface area contributed by atoms with Crippen LogP contribution in [-0.4, -0.2) is 5.91 Å². The zero-order valence-electron chi connectivity index (χ0n) is 9.73. The Kier molecular flexibility index (Phi) is 7.17. The predicted octanol–water partition coefficient (Wildman–Crippen LogP) is 3.17. The van der Waals surface area contributed by atoms with Crippen molar-refractivity contribution in [2.24, 2.45) is 5.73 Å². The Balaban J connectivity index is 3.68. The second-order valence-electron chi connectivity index (χ2n) is 3.93. The molecule has 0 aromatic carbocycles. The van der Waals surface area contributed by atoms with Crippen LogP contribution >= 0.6 is 0 Å². The topological polar surface area (TPSA) is 43.1 Å². The second kappa shape index (κ2) is 7.60. The first kappa shape index (κ1) is 13.2. The van der Waals surface area contributed by atoms with E-state index in [2.05, 4.69) is 6.92 Å². The van der Waals surface area contributed by atoms with E-state index in [0.29, 0.717) is 0 Å². The van der Waals surface area contributed by atoms with Crippen LogP contribution in [0.5, 0.6) is 0 Å². The predicted molar refractivity (Wildman–Crippen MR) is 60.9 cm³/mol. The molecule has 0 saturated carbocycles. The molecule has 0 heterocycles. The molecule has 2 nitrogen and oxygen atoms in total. The molecule has 0 atom stereocenters. The summed E-state index contributed by atoms with van der Waals surface area (Å²) in [7, 11) is 0. The van der Waals surface area contributed by atoms with E-state index in [1.165, 1.54) is 32.1 Å². The van der Waals surface area contributed by atoms with Gasteiger partial charge < -0.3 is 5.73 Å². The minimum absolute atomic E-state index is 0.281. The van der Waals surface area contributed by atoms with Crippen LogP contribution in [0, 0.1) is 0 Å². The van der Waals surface area contributed by atoms with Crippen molar-refractivity contribution in [3.8, 4) is 0 Å². The summed E-state index contributed by atoms with van der Waals surface area (Å²) in [4.78, 5) is 10.8. The Bertz CT molecular complexity index is 206. The SMILES string of the molecule is CCCCCCC/C(C)=C(/C)C(N)=O. The molecular weight excluding hydrogens is 174 g/mol. The fourth-order valence-corrected chi connectivity index (χ4v) is 1.39. The summed E-state index contributed by atoms with van der Waals surface area (Å²) in [6, 6.07) is 0. The summed E-state index contributed by atoms with van der Waals surface area (Å²) in [5, 5.41) is 0. The molecule has 0 radical (unpaired) electrons. The molecule has 0 aromatic rings. The number of carbonyl (C=O) groups is 1. The van der Waals surface area contributed by atoms with Gasteiger partial charge in [-0.3, -0.25) is 4.79 Å². The number of hydrogen-bond acceptors (Lipinski definition) is 1. The number of hydrogen-bond donors (Lipinski definition) is 1. The van der Waals surface area contributed by atoms with E-state index in [9.17, 15) is 4.79 Å². The van der Waals surface area contributed by atoms with Crippen molar-refractivity contribution in [3.63, 3.8) is 0 Å². The smallest absolute Gasteiger partial charge is 0.244 e. The van der Waals surface area contributed by atoms with Gasteiger partial charge in [0.25, 0.3) is 0 Å². The Hall–Kier alpha value is -0.790. The van der Waals surface area contributed by atoms with E-state index in [1.54, 1.807) is 0 Å². The molecule has 2 N–H and O–H groups in total. The maximum atomic E-state index is 10.8. The van der Waals surface area contributed by atoms with Gasteiger partial charge in [-0.05, 0) is 26.7 Å². The van der Waals surface area contributed by atoms with E-state index in [0.717, 1.165) is 17.6 Å². The normalized spacial score (nSPS) is 12.5. The lowest BCUT2D eigenvalue weighted by Crippen LogP contribution is -2.13. The number of primary amides is 1. The molecule has 0 aliphatic rings. The number of unbranched alkanes of at least 4 members (excludes halogenated alkanes) is 4. The summed E-state index contributed by atoms with van der Waals surface area (Å²) in [6.45, 7) is 6.02. The van der Waals surface area contributed by atoms with Crippen LogP contribution in [0.3, 0.4) is 0 Å². The minimum atomic E-state index is -0.281. The lowest BCUT2D eigenvalue weighted by Gasteiger charge is -2.04. The number of carbonyl (C=O) groups excluding carboxylic acids is 1. The quantitative estimate of drug-likeness (QED) is 0.494. The molecule has 2 heteroatoms. The van der Waals surface area contributed by atoms with E-state index >= 15 is 0 Å². The summed E-state index contributed by atoms with van der Waals surface area (Å²) in [5.74, 6) is -0.281. The van der Waals surface area contributed by atoms with E-state index in [-0.39, 0.29) is 5.91 Å². The van der Waals surface area contributed by atoms with Gasteiger partial charge in [-0.25, -0.2) is 0 Å². The van der Waals surface area contributed by atoms with Gasteiger partial charge in [0.05, 0.1) is 0 Å². The zero-order valence-corrected chi connectivity index (χ0v) is 9.73. The van der Waals surface area contributed by atoms with Gasteiger partial charge in [-0.1, -0.05) is 38.2 Å². The second-order valence-corrected chi connectivity index (χ2v) is 3.93. The van der Waals surface area contributed by atoms with Crippen LogP contribution in [0.1, 0.15) is 59.3 Å². The Morgan fingerprint density at radius 1 is 1.07 bits per heavy atom. The third kappa shape index (κ3) is 5.79. The van der Waals surface area contributed by atoms with E-state index in [4.69, 9.17) is 5.73 Å². The average molecular weight is 197 g/mol. The Morgan fingerprint density at radius 3 is 2.14 bits per heavy atom. The van der Waals surface area contributed by atoms with Gasteiger partial charge in [0.15, 0.2) is 0 Å². The van der Waals surface area contributed by atoms with E-state index in [1.807, 2.05) is 13.8 Å². The van der Waals surface area contributed by atoms with Gasteiger partial charge in [0.2, 0.25) is 5.91 Å². The molecule has 0 aromatic heterocycles. The van der Waals surface area contributed by atoms with Gasteiger partial charge in [0.1, 0.15) is 0 Å². The highest BCUT2D eigenvalue weighted by molar-refractivity contribution is 5.91. The highest BCUT2D eigenvalue weighted by Gasteiger charge is 2.02. The summed E-state index contributed by atoms with van der Waals surface area (Å²) in [6.07, 6.45) is 7.35. The van der Waals surface area contributed by atoms with Crippen LogP contribution in [0.2, 0.25) is 0 Å². The van der Waals surface area contributed by atoms with Crippen LogP contribution in [0.15, 0.2) is 11.1 Å². The lowest BCUT2D eigenvalue weighted by atomic mass is 10.0. The van der Waals surface area contributed by atoms with Crippen LogP contribution in [0.4, 0.5) is 0 Å². The summed E-state index contributed by atoms with van der Waals surface area (Å²) >= 11 is 0. The van der Waals surface area contributed by atoms with Gasteiger partial charge in [-0.15, -0.1) is 0 Å². The van der Waals surface area contributed by atoms with Crippen LogP contribution in [-0.2, 0) is 4.79 Å². The van der Waals surface area contributed by atoms with Crippen molar-refractivity contribution in [1.29, 1.82) is 0 Å². The molecule has 0 saturated heterocycles. The Morgan fingerprint density at radius 2 is 1.64 bits per heavy atom. The number of allylic oxidation sites excluding steroid dienone is 1. The molecule has 1 amide bonds. The van der Waals surface area contributed by atoms with Crippen molar-refractivity contribution < 1.29 is 4.79 Å². The summed E-state index contributed by atoms with van der Waals surface area (Å²) < 4.78 is 0. The first-order valence-corrected chi connectivity index (χ1v) is 5.55. The molecule has 14 heavy (non-hydrogen) atoms. The van der Waals surface area contributed by atoms with Crippen molar-refractivity contribution in [2.45, 2.75) is 59.3 Å². The zero-order chi connectivity index (χ0) is 11.0. The molecule has 0 unspecified atom stereocenters. The molecule has 82 valence electrons. The first-order valence-electron chi connectivity index (χ1n) is 5.55. The number of rotatable bonds is 7. The molecule has 0 rings (SSSR count). The number of amides is 1. The standard InChI is InChI=1S/C12H23NO/c1-4-5-6-7-8-9-10(2)11(3)12(13)14/h4-9H2,1-3H3,(H2,13,14)/b11-10-. The maximum absolute atomic E-state index is 10.8. The highest BCUT2D eigenvalue weighted by Crippen LogP contribution is 2.13. The molecule has 0 spiro atoms. The lowest BCUT2D eigenvalue weighted by molar-refractivity contribution is -0.114. The fraction of sp³-hybridized carbons (Fsp3) is 0.750. The fourth-order valence-electron chi connectivity index (χ4n) is 1.39. The average Bonchev–Trinajstić information content (AvgIpc) is 2.16. The van der Waals surface area contributed by atoms with Gasteiger partial charge in [-0.2, -0.15) is 0 Å². The van der Waals surface area contributed by atoms with Crippen LogP contribution in [0.25, 0.3) is 0 Å². The molecule has 0 aliphatic carbocycles. The van der Waals surface area contributed by atoms with Crippen molar-refractivity contribution in [1.82, 2.24) is 0 Å². The molecule has 0 fully saturated rings. The maximum Gasteiger partial charge on any atom is 0.244 e. The van der Waals surface area contributed by atoms with Crippen LogP contribution < -0.4 is 5.73 Å². The third-order valence-electron chi connectivity index (χ3n) is 2.67. The van der Waals surface area contributed by atoms with E-state index < -0.39 is 0 Å². The molecule has 0 aliphatic heterocycles. The minimum Gasteiger partial charge on any atom is -0.366 e. The first-order chi connectivity index (χ1) is 6.59. The van der Waals surface area contributed by atoms with Crippen molar-refractivity contribution >= 4 is 5.91 Å². The van der Waals surface area contributed by atoms with Gasteiger partial charge in [0, 0.05) is 5.57 Å². The molecular formula is C12H23NO. The monoisotopic (exact) mass is 197 g/mol. The molecule has 0 bridgehead atoms. The largest absolute Gasteiger partial charge is 0.366 e. The van der Waals surface area contributed by atoms with Gasteiger partial charge >= 0.3 is 0 Å².